The molecule has 0 aromatic heterocycles. The average molecular weight is 1090 g/mol. The van der Waals surface area contributed by atoms with Crippen LogP contribution in [0.4, 0.5) is 0 Å². The van der Waals surface area contributed by atoms with E-state index in [1.54, 1.807) is 6.08 Å². The zero-order valence-electron chi connectivity index (χ0n) is 48.5. The Morgan fingerprint density at radius 3 is 1.35 bits per heavy atom. The maximum atomic E-state index is 13.3. The van der Waals surface area contributed by atoms with Crippen LogP contribution in [-0.2, 0) is 23.7 Å². The molecule has 0 spiro atoms. The highest BCUT2D eigenvalue weighted by atomic mass is 16.7. The van der Waals surface area contributed by atoms with Gasteiger partial charge in [0.25, 0.3) is 0 Å². The lowest BCUT2D eigenvalue weighted by atomic mass is 9.97. The van der Waals surface area contributed by atoms with Crippen molar-refractivity contribution in [3.8, 4) is 0 Å². The van der Waals surface area contributed by atoms with Crippen molar-refractivity contribution in [2.45, 2.75) is 325 Å². The van der Waals surface area contributed by atoms with Crippen LogP contribution in [0.5, 0.6) is 0 Å². The standard InChI is InChI=1S/C63H115NO13/c1-3-5-7-9-11-13-15-17-19-21-22-23-24-25-26-27-28-29-30-31-33-35-37-39-41-43-45-47-55(68)64-51(52(67)46-44-42-40-38-36-34-32-20-18-16-14-12-10-8-6-4-2)50-74-62-60(73)58(71)61(54(49-66)76-62)77-63-59(72)57(70)56(69)53(48-65)75-63/h15,17,21-22,36,38,44,46,51-54,56-63,65-67,69-73H,3-14,16,18-20,23-35,37,39-43,45,47-50H2,1-2H3,(H,64,68)/b17-15-,22-21-,38-36+,46-44+. The first-order chi connectivity index (χ1) is 37.6. The summed E-state index contributed by atoms with van der Waals surface area (Å²) >= 11 is 0. The largest absolute Gasteiger partial charge is 0.394 e. The monoisotopic (exact) mass is 1090 g/mol. The highest BCUT2D eigenvalue weighted by Gasteiger charge is 2.51. The average Bonchev–Trinajstić information content (AvgIpc) is 3.43. The van der Waals surface area contributed by atoms with E-state index < -0.39 is 86.8 Å². The molecule has 2 aliphatic rings. The third-order valence-electron chi connectivity index (χ3n) is 15.2. The Labute approximate surface area is 467 Å². The van der Waals surface area contributed by atoms with E-state index in [1.165, 1.54) is 180 Å². The SMILES string of the molecule is CCCCCCC/C=C\C/C=C\CCCCCCCCCCCCCCCCCC(=O)NC(COC1OC(CO)C(OC2OC(CO)C(O)C(O)C2O)C(O)C1O)C(O)/C=C/CC/C=C/CCCCCCCCCCCC. The molecule has 77 heavy (non-hydrogen) atoms. The van der Waals surface area contributed by atoms with E-state index in [0.29, 0.717) is 12.8 Å². The van der Waals surface area contributed by atoms with Crippen molar-refractivity contribution >= 4 is 5.91 Å². The van der Waals surface area contributed by atoms with Crippen LogP contribution < -0.4 is 5.32 Å². The molecule has 0 bridgehead atoms. The number of aliphatic hydroxyl groups excluding tert-OH is 8. The van der Waals surface area contributed by atoms with Crippen LogP contribution in [0.15, 0.2) is 48.6 Å². The lowest BCUT2D eigenvalue weighted by molar-refractivity contribution is -0.359. The third-order valence-corrected chi connectivity index (χ3v) is 15.2. The molecule has 0 radical (unpaired) electrons. The summed E-state index contributed by atoms with van der Waals surface area (Å²) in [6.07, 6.45) is 44.4. The molecule has 0 aromatic carbocycles. The Balaban J connectivity index is 1.72. The number of aliphatic hydroxyl groups is 8. The van der Waals surface area contributed by atoms with Crippen molar-refractivity contribution in [1.82, 2.24) is 5.32 Å². The fourth-order valence-electron chi connectivity index (χ4n) is 10.2. The number of ether oxygens (including phenoxy) is 4. The molecule has 2 heterocycles. The van der Waals surface area contributed by atoms with Crippen molar-refractivity contribution < 1.29 is 64.6 Å². The normalized spacial score (nSPS) is 25.0. The van der Waals surface area contributed by atoms with Gasteiger partial charge in [-0.2, -0.15) is 0 Å². The van der Waals surface area contributed by atoms with E-state index in [2.05, 4.69) is 55.6 Å². The van der Waals surface area contributed by atoms with Crippen LogP contribution in [0, 0.1) is 0 Å². The minimum atomic E-state index is -1.79. The van der Waals surface area contributed by atoms with Crippen LogP contribution in [0.1, 0.15) is 251 Å². The molecule has 12 unspecified atom stereocenters. The molecule has 9 N–H and O–H groups in total. The number of hydrogen-bond acceptors (Lipinski definition) is 13. The van der Waals surface area contributed by atoms with Gasteiger partial charge in [-0.25, -0.2) is 0 Å². The summed E-state index contributed by atoms with van der Waals surface area (Å²) in [6.45, 7) is 2.78. The number of rotatable bonds is 50. The van der Waals surface area contributed by atoms with E-state index in [4.69, 9.17) is 18.9 Å². The molecule has 12 atom stereocenters. The maximum Gasteiger partial charge on any atom is 0.220 e. The number of amides is 1. The molecule has 450 valence electrons. The molecule has 14 heteroatoms. The predicted molar refractivity (Wildman–Crippen MR) is 309 cm³/mol. The van der Waals surface area contributed by atoms with Gasteiger partial charge in [0.1, 0.15) is 48.8 Å². The second-order valence-corrected chi connectivity index (χ2v) is 22.2. The fraction of sp³-hybridized carbons (Fsp3) is 0.857. The van der Waals surface area contributed by atoms with Gasteiger partial charge < -0.3 is 65.1 Å². The molecule has 14 nitrogen and oxygen atoms in total. The summed E-state index contributed by atoms with van der Waals surface area (Å²) in [4.78, 5) is 13.3. The van der Waals surface area contributed by atoms with Gasteiger partial charge in [-0.3, -0.25) is 4.79 Å². The molecule has 2 fully saturated rings. The molecule has 0 saturated carbocycles. The van der Waals surface area contributed by atoms with Crippen molar-refractivity contribution in [3.05, 3.63) is 48.6 Å². The predicted octanol–water partition coefficient (Wildman–Crippen LogP) is 11.2. The second kappa shape index (κ2) is 48.6. The topological polar surface area (TPSA) is 228 Å². The Bertz CT molecular complexity index is 1480. The number of unbranched alkanes of at least 4 members (excludes halogenated alkanes) is 31. The smallest absolute Gasteiger partial charge is 0.220 e. The van der Waals surface area contributed by atoms with Gasteiger partial charge in [-0.05, 0) is 64.2 Å². The first-order valence-electron chi connectivity index (χ1n) is 31.4. The van der Waals surface area contributed by atoms with E-state index >= 15 is 0 Å². The van der Waals surface area contributed by atoms with Gasteiger partial charge in [0.15, 0.2) is 12.6 Å². The number of hydrogen-bond donors (Lipinski definition) is 9. The molecule has 2 saturated heterocycles. The summed E-state index contributed by atoms with van der Waals surface area (Å²) in [7, 11) is 0. The third kappa shape index (κ3) is 34.1. The molecule has 0 aliphatic carbocycles. The number of carbonyl (C=O) groups is 1. The summed E-state index contributed by atoms with van der Waals surface area (Å²) in [5, 5.41) is 87.1. The zero-order valence-corrected chi connectivity index (χ0v) is 48.5. The minimum absolute atomic E-state index is 0.248. The number of allylic oxidation sites excluding steroid dienone is 7. The van der Waals surface area contributed by atoms with E-state index in [9.17, 15) is 45.6 Å². The van der Waals surface area contributed by atoms with Crippen LogP contribution in [-0.4, -0.2) is 140 Å². The van der Waals surface area contributed by atoms with Crippen LogP contribution in [0.3, 0.4) is 0 Å². The number of nitrogens with one attached hydrogen (secondary N) is 1. The summed E-state index contributed by atoms with van der Waals surface area (Å²) in [5.74, 6) is -0.248. The molecule has 2 aliphatic heterocycles. The van der Waals surface area contributed by atoms with E-state index in [-0.39, 0.29) is 18.9 Å². The highest BCUT2D eigenvalue weighted by molar-refractivity contribution is 5.76. The van der Waals surface area contributed by atoms with E-state index in [1.807, 2.05) is 6.08 Å². The summed E-state index contributed by atoms with van der Waals surface area (Å²) in [5.41, 5.74) is 0. The second-order valence-electron chi connectivity index (χ2n) is 22.2. The lowest BCUT2D eigenvalue weighted by Crippen LogP contribution is -2.65. The van der Waals surface area contributed by atoms with Gasteiger partial charge >= 0.3 is 0 Å². The Morgan fingerprint density at radius 1 is 0.468 bits per heavy atom. The van der Waals surface area contributed by atoms with Gasteiger partial charge in [-0.1, -0.05) is 229 Å². The number of carbonyl (C=O) groups excluding carboxylic acids is 1. The van der Waals surface area contributed by atoms with Crippen molar-refractivity contribution in [2.24, 2.45) is 0 Å². The van der Waals surface area contributed by atoms with Gasteiger partial charge in [0, 0.05) is 6.42 Å². The fourth-order valence-corrected chi connectivity index (χ4v) is 10.2. The Hall–Kier alpha value is -2.05. The molecular formula is C63H115NO13. The van der Waals surface area contributed by atoms with E-state index in [0.717, 1.165) is 38.5 Å². The maximum absolute atomic E-state index is 13.3. The Kier molecular flexibility index (Phi) is 44.9. The van der Waals surface area contributed by atoms with Crippen LogP contribution >= 0.6 is 0 Å². The molecule has 0 aromatic rings. The zero-order chi connectivity index (χ0) is 56.0. The quantitative estimate of drug-likeness (QED) is 0.0204. The van der Waals surface area contributed by atoms with Gasteiger partial charge in [-0.15, -0.1) is 0 Å². The van der Waals surface area contributed by atoms with Gasteiger partial charge in [0.2, 0.25) is 5.91 Å². The minimum Gasteiger partial charge on any atom is -0.394 e. The molecule has 2 rings (SSSR count). The first-order valence-corrected chi connectivity index (χ1v) is 31.4. The molecule has 1 amide bonds. The summed E-state index contributed by atoms with van der Waals surface area (Å²) in [6, 6.07) is -0.931. The first kappa shape index (κ1) is 71.1. The molecular weight excluding hydrogens is 979 g/mol. The van der Waals surface area contributed by atoms with Gasteiger partial charge in [0.05, 0.1) is 32.0 Å². The summed E-state index contributed by atoms with van der Waals surface area (Å²) < 4.78 is 22.8. The Morgan fingerprint density at radius 2 is 0.870 bits per heavy atom. The van der Waals surface area contributed by atoms with Crippen molar-refractivity contribution in [1.29, 1.82) is 0 Å². The lowest BCUT2D eigenvalue weighted by Gasteiger charge is -2.46. The van der Waals surface area contributed by atoms with Crippen LogP contribution in [0.25, 0.3) is 0 Å². The highest BCUT2D eigenvalue weighted by Crippen LogP contribution is 2.30. The van der Waals surface area contributed by atoms with Crippen molar-refractivity contribution in [2.75, 3.05) is 19.8 Å². The van der Waals surface area contributed by atoms with Crippen LogP contribution in [0.2, 0.25) is 0 Å². The van der Waals surface area contributed by atoms with Crippen molar-refractivity contribution in [3.63, 3.8) is 0 Å².